The number of rotatable bonds is 6. The Morgan fingerprint density at radius 2 is 1.75 bits per heavy atom. The molecule has 1 atom stereocenters. The van der Waals surface area contributed by atoms with Crippen LogP contribution >= 0.6 is 23.2 Å². The van der Waals surface area contributed by atoms with Gasteiger partial charge < -0.3 is 0 Å². The number of nitrogen functional groups attached to an aromatic ring is 1. The molecule has 28 heavy (non-hydrogen) atoms. The van der Waals surface area contributed by atoms with Gasteiger partial charge in [-0.2, -0.15) is 0 Å². The van der Waals surface area contributed by atoms with Crippen LogP contribution < -0.4 is 15.4 Å². The molecule has 1 unspecified atom stereocenters. The monoisotopic (exact) mass is 498 g/mol. The molecule has 0 bridgehead atoms. The minimum atomic E-state index is -3.67. The van der Waals surface area contributed by atoms with E-state index in [0.717, 1.165) is 27.2 Å². The van der Waals surface area contributed by atoms with Gasteiger partial charge in [-0.3, -0.25) is 0 Å². The molecule has 0 saturated carbocycles. The Labute approximate surface area is 180 Å². The van der Waals surface area contributed by atoms with Crippen LogP contribution in [0, 0.1) is 0 Å². The molecule has 0 radical (unpaired) electrons. The van der Waals surface area contributed by atoms with Gasteiger partial charge in [-0.15, -0.1) is 0 Å². The third-order valence-corrected chi connectivity index (χ3v) is 8.04. The van der Waals surface area contributed by atoms with Gasteiger partial charge in [0, 0.05) is 0 Å². The molecule has 10 heteroatoms. The van der Waals surface area contributed by atoms with Crippen molar-refractivity contribution in [1.29, 1.82) is 0 Å². The van der Waals surface area contributed by atoms with Gasteiger partial charge in [-0.1, -0.05) is 0 Å². The van der Waals surface area contributed by atoms with Gasteiger partial charge in [-0.25, -0.2) is 0 Å². The molecule has 2 aromatic carbocycles. The van der Waals surface area contributed by atoms with E-state index in [1.165, 1.54) is 12.1 Å². The van der Waals surface area contributed by atoms with Crippen LogP contribution in [0.25, 0.3) is 11.3 Å². The first-order chi connectivity index (χ1) is 13.2. The Hall–Kier alpha value is -1.63. The topological polar surface area (TPSA) is 112 Å². The Kier molecular flexibility index (Phi) is 6.63. The number of benzene rings is 2. The summed E-state index contributed by atoms with van der Waals surface area (Å²) in [5.41, 5.74) is 8.28. The van der Waals surface area contributed by atoms with Crippen LogP contribution in [-0.2, 0) is 16.4 Å². The van der Waals surface area contributed by atoms with E-state index in [2.05, 4.69) is 9.97 Å². The average Bonchev–Trinajstić information content (AvgIpc) is 2.63. The van der Waals surface area contributed by atoms with Gasteiger partial charge >= 0.3 is 181 Å². The second-order valence-corrected chi connectivity index (χ2v) is 11.2. The molecule has 4 N–H and O–H groups in total. The summed E-state index contributed by atoms with van der Waals surface area (Å²) in [4.78, 5) is 8.73. The molecule has 0 aliphatic heterocycles. The van der Waals surface area contributed by atoms with Crippen LogP contribution in [0.15, 0.2) is 53.4 Å². The fourth-order valence-electron chi connectivity index (χ4n) is 2.58. The molecular formula is C18H17AsCl2N4O2S. The number of nitrogens with two attached hydrogens (primary N) is 2. The maximum atomic E-state index is 11.3. The molecule has 0 aliphatic rings. The van der Waals surface area contributed by atoms with E-state index in [1.54, 1.807) is 18.2 Å². The van der Waals surface area contributed by atoms with Crippen LogP contribution in [0.4, 0.5) is 5.95 Å². The van der Waals surface area contributed by atoms with Gasteiger partial charge in [0.1, 0.15) is 0 Å². The molecule has 0 aliphatic carbocycles. The summed E-state index contributed by atoms with van der Waals surface area (Å²) in [6.45, 7) is 0. The van der Waals surface area contributed by atoms with Crippen LogP contribution in [0.1, 0.15) is 5.56 Å². The van der Waals surface area contributed by atoms with E-state index in [4.69, 9.17) is 34.1 Å². The predicted octanol–water partition coefficient (Wildman–Crippen LogP) is 2.40. The quantitative estimate of drug-likeness (QED) is 0.506. The number of nitrogens with zero attached hydrogens (tertiary/aromatic N) is 2. The Morgan fingerprint density at radius 3 is 2.43 bits per heavy atom. The molecule has 0 spiro atoms. The number of primary sulfonamides is 1. The van der Waals surface area contributed by atoms with Gasteiger partial charge in [0.05, 0.1) is 0 Å². The first-order valence-corrected chi connectivity index (χ1v) is 13.0. The molecule has 3 aromatic rings. The van der Waals surface area contributed by atoms with E-state index in [9.17, 15) is 8.42 Å². The van der Waals surface area contributed by atoms with Crippen molar-refractivity contribution in [3.8, 4) is 11.3 Å². The van der Waals surface area contributed by atoms with E-state index in [1.807, 2.05) is 18.2 Å². The first kappa shape index (κ1) is 21.1. The fourth-order valence-corrected chi connectivity index (χ4v) is 5.80. The van der Waals surface area contributed by atoms with Crippen molar-refractivity contribution in [3.05, 3.63) is 64.1 Å². The predicted molar refractivity (Wildman–Crippen MR) is 115 cm³/mol. The van der Waals surface area contributed by atoms with Crippen molar-refractivity contribution in [3.63, 3.8) is 0 Å². The van der Waals surface area contributed by atoms with E-state index in [0.29, 0.717) is 15.7 Å². The third kappa shape index (κ3) is 5.25. The number of anilines is 1. The number of sulfonamides is 1. The Balaban J connectivity index is 1.71. The fraction of sp³-hybridized carbons (Fsp3) is 0.111. The van der Waals surface area contributed by atoms with E-state index in [-0.39, 0.29) is 10.8 Å². The molecular weight excluding hydrogens is 482 g/mol. The molecule has 0 amide bonds. The summed E-state index contributed by atoms with van der Waals surface area (Å²) in [6, 6.07) is 13.9. The zero-order valence-corrected chi connectivity index (χ0v) is 19.0. The normalized spacial score (nSPS) is 12.0. The van der Waals surface area contributed by atoms with Crippen LogP contribution in [0.3, 0.4) is 0 Å². The summed E-state index contributed by atoms with van der Waals surface area (Å²) >= 11 is 11.8. The van der Waals surface area contributed by atoms with Crippen LogP contribution in [0.2, 0.25) is 15.3 Å². The van der Waals surface area contributed by atoms with Gasteiger partial charge in [0.2, 0.25) is 0 Å². The van der Waals surface area contributed by atoms with Crippen molar-refractivity contribution in [2.75, 3.05) is 5.73 Å². The first-order valence-electron chi connectivity index (χ1n) is 8.18. The second kappa shape index (κ2) is 8.80. The van der Waals surface area contributed by atoms with Crippen molar-refractivity contribution < 1.29 is 8.42 Å². The molecule has 3 rings (SSSR count). The van der Waals surface area contributed by atoms with Crippen molar-refractivity contribution in [1.82, 2.24) is 9.97 Å². The van der Waals surface area contributed by atoms with E-state index >= 15 is 0 Å². The molecule has 1 heterocycles. The summed E-state index contributed by atoms with van der Waals surface area (Å²) in [5, 5.41) is 6.93. The summed E-state index contributed by atoms with van der Waals surface area (Å²) < 4.78 is 23.5. The summed E-state index contributed by atoms with van der Waals surface area (Å²) in [5.74, 6) is 0.199. The van der Waals surface area contributed by atoms with Crippen molar-refractivity contribution >= 4 is 59.4 Å². The van der Waals surface area contributed by atoms with Crippen molar-refractivity contribution in [2.45, 2.75) is 16.5 Å². The molecule has 1 aromatic heterocycles. The molecule has 6 nitrogen and oxygen atoms in total. The maximum absolute atomic E-state index is 11.3. The number of hydrogen-bond donors (Lipinski definition) is 2. The van der Waals surface area contributed by atoms with Crippen molar-refractivity contribution in [2.24, 2.45) is 5.14 Å². The zero-order valence-electron chi connectivity index (χ0n) is 14.6. The second-order valence-electron chi connectivity index (χ2n) is 5.96. The molecule has 0 fully saturated rings. The Morgan fingerprint density at radius 1 is 1.04 bits per heavy atom. The summed E-state index contributed by atoms with van der Waals surface area (Å²) in [7, 11) is -3.67. The average molecular weight is 499 g/mol. The number of aromatic nitrogens is 2. The standard InChI is InChI=1S/C18H17AsCl2N4O2S/c20-14-3-1-2-13(17(14)21)15-10-16(25-18(22)24-15)19-9-8-11-4-6-12(7-5-11)28(23,26)27/h1-7,10,19H,8-9H2,(H2,22,24,25)(H2,23,26,27). The minimum absolute atomic E-state index is 0.110. The number of hydrogen-bond acceptors (Lipinski definition) is 5. The Bertz CT molecular complexity index is 1110. The SMILES string of the molecule is Nc1nc([AsH]CCc2ccc(S(N)(=O)=O)cc2)cc(-c2cccc(Cl)c2Cl)n1. The van der Waals surface area contributed by atoms with Gasteiger partial charge in [-0.05, 0) is 0 Å². The third-order valence-electron chi connectivity index (χ3n) is 3.94. The summed E-state index contributed by atoms with van der Waals surface area (Å²) in [6.07, 6.45) is 0.808. The van der Waals surface area contributed by atoms with Crippen LogP contribution in [-0.4, -0.2) is 34.1 Å². The van der Waals surface area contributed by atoms with Crippen LogP contribution in [0.5, 0.6) is 0 Å². The van der Waals surface area contributed by atoms with Gasteiger partial charge in [0.15, 0.2) is 0 Å². The molecule has 146 valence electrons. The zero-order chi connectivity index (χ0) is 20.3. The molecule has 0 saturated heterocycles. The number of halogens is 2. The number of aryl methyl sites for hydroxylation is 1. The van der Waals surface area contributed by atoms with E-state index < -0.39 is 25.8 Å². The van der Waals surface area contributed by atoms with Gasteiger partial charge in [0.25, 0.3) is 0 Å².